The third kappa shape index (κ3) is 3.55. The molecule has 2 nitrogen and oxygen atoms in total. The van der Waals surface area contributed by atoms with Gasteiger partial charge in [0.15, 0.2) is 17.5 Å². The van der Waals surface area contributed by atoms with Gasteiger partial charge in [0.1, 0.15) is 0 Å². The molecule has 0 fully saturated rings. The lowest BCUT2D eigenvalue weighted by molar-refractivity contribution is 0.0939. The molecule has 21 heavy (non-hydrogen) atoms. The van der Waals surface area contributed by atoms with Crippen molar-refractivity contribution in [1.29, 1.82) is 0 Å². The minimum Gasteiger partial charge on any atom is -0.344 e. The van der Waals surface area contributed by atoms with E-state index in [1.807, 2.05) is 0 Å². The molecule has 110 valence electrons. The van der Waals surface area contributed by atoms with E-state index in [4.69, 9.17) is 11.6 Å². The third-order valence-electron chi connectivity index (χ3n) is 2.91. The van der Waals surface area contributed by atoms with E-state index in [1.165, 1.54) is 0 Å². The highest BCUT2D eigenvalue weighted by atomic mass is 35.5. The van der Waals surface area contributed by atoms with Gasteiger partial charge in [0.25, 0.3) is 5.91 Å². The summed E-state index contributed by atoms with van der Waals surface area (Å²) in [6.07, 6.45) is 0. The van der Waals surface area contributed by atoms with Gasteiger partial charge in [0.05, 0.1) is 6.04 Å². The summed E-state index contributed by atoms with van der Waals surface area (Å²) in [5.74, 6) is -5.09. The summed E-state index contributed by atoms with van der Waals surface area (Å²) in [7, 11) is 0. The number of benzene rings is 2. The van der Waals surface area contributed by atoms with Crippen molar-refractivity contribution in [3.05, 3.63) is 71.0 Å². The number of amides is 1. The van der Waals surface area contributed by atoms with Gasteiger partial charge in [-0.2, -0.15) is 0 Å². The fourth-order valence-electron chi connectivity index (χ4n) is 1.82. The van der Waals surface area contributed by atoms with Crippen molar-refractivity contribution in [3.63, 3.8) is 0 Å². The maximum atomic E-state index is 13.1. The molecule has 1 atom stereocenters. The molecule has 6 heteroatoms. The van der Waals surface area contributed by atoms with Gasteiger partial charge in [-0.05, 0) is 17.7 Å². The van der Waals surface area contributed by atoms with Crippen molar-refractivity contribution in [1.82, 2.24) is 5.32 Å². The average Bonchev–Trinajstić information content (AvgIpc) is 2.50. The highest BCUT2D eigenvalue weighted by Crippen LogP contribution is 2.17. The lowest BCUT2D eigenvalue weighted by Crippen LogP contribution is -2.29. The second-order valence-corrected chi connectivity index (χ2v) is 4.65. The molecule has 1 N–H and O–H groups in total. The molecule has 2 aromatic rings. The van der Waals surface area contributed by atoms with Gasteiger partial charge in [-0.25, -0.2) is 13.2 Å². The maximum absolute atomic E-state index is 13.1. The minimum atomic E-state index is -1.61. The molecule has 0 aliphatic carbocycles. The van der Waals surface area contributed by atoms with Crippen LogP contribution in [0.25, 0.3) is 0 Å². The number of hydrogen-bond donors (Lipinski definition) is 1. The monoisotopic (exact) mass is 313 g/mol. The van der Waals surface area contributed by atoms with E-state index < -0.39 is 29.4 Å². The first kappa shape index (κ1) is 15.4. The molecule has 0 heterocycles. The summed E-state index contributed by atoms with van der Waals surface area (Å²) < 4.78 is 39.1. The maximum Gasteiger partial charge on any atom is 0.252 e. The van der Waals surface area contributed by atoms with Crippen LogP contribution in [-0.2, 0) is 0 Å². The summed E-state index contributed by atoms with van der Waals surface area (Å²) in [5, 5.41) is 2.55. The molecular weight excluding hydrogens is 303 g/mol. The van der Waals surface area contributed by atoms with Crippen LogP contribution in [0.15, 0.2) is 42.5 Å². The molecule has 0 aliphatic rings. The van der Waals surface area contributed by atoms with Crippen LogP contribution < -0.4 is 5.32 Å². The number of hydrogen-bond acceptors (Lipinski definition) is 1. The van der Waals surface area contributed by atoms with Crippen LogP contribution in [0.2, 0.25) is 0 Å². The quantitative estimate of drug-likeness (QED) is 0.675. The lowest BCUT2D eigenvalue weighted by atomic mass is 10.1. The van der Waals surface area contributed by atoms with Crippen LogP contribution in [-0.4, -0.2) is 11.8 Å². The van der Waals surface area contributed by atoms with E-state index in [9.17, 15) is 18.0 Å². The first-order chi connectivity index (χ1) is 10.0. The summed E-state index contributed by atoms with van der Waals surface area (Å²) in [6, 6.07) is 9.65. The standard InChI is InChI=1S/C15H11ClF3NO/c16-8-13(9-4-2-1-3-5-9)20-15(21)10-6-11(17)14(19)12(18)7-10/h1-7,13H,8H2,(H,20,21). The molecule has 0 spiro atoms. The van der Waals surface area contributed by atoms with Crippen LogP contribution in [0, 0.1) is 17.5 Å². The SMILES string of the molecule is O=C(NC(CCl)c1ccccc1)c1cc(F)c(F)c(F)c1. The van der Waals surface area contributed by atoms with E-state index in [1.54, 1.807) is 30.3 Å². The first-order valence-corrected chi connectivity index (χ1v) is 6.62. The molecule has 0 aromatic heterocycles. The lowest BCUT2D eigenvalue weighted by Gasteiger charge is -2.16. The molecule has 2 rings (SSSR count). The number of nitrogens with one attached hydrogen (secondary N) is 1. The number of carbonyl (C=O) groups is 1. The Morgan fingerprint density at radius 2 is 1.67 bits per heavy atom. The van der Waals surface area contributed by atoms with Crippen molar-refractivity contribution < 1.29 is 18.0 Å². The zero-order valence-electron chi connectivity index (χ0n) is 10.7. The van der Waals surface area contributed by atoms with Gasteiger partial charge >= 0.3 is 0 Å². The third-order valence-corrected chi connectivity index (χ3v) is 3.22. The number of halogens is 4. The topological polar surface area (TPSA) is 29.1 Å². The smallest absolute Gasteiger partial charge is 0.252 e. The number of alkyl halides is 1. The second-order valence-electron chi connectivity index (χ2n) is 4.34. The van der Waals surface area contributed by atoms with Crippen LogP contribution in [0.1, 0.15) is 22.0 Å². The van der Waals surface area contributed by atoms with Gasteiger partial charge < -0.3 is 5.32 Å². The molecule has 1 unspecified atom stereocenters. The number of rotatable bonds is 4. The summed E-state index contributed by atoms with van der Waals surface area (Å²) >= 11 is 5.80. The fourth-order valence-corrected chi connectivity index (χ4v) is 2.08. The Balaban J connectivity index is 2.21. The Bertz CT molecular complexity index is 626. The Morgan fingerprint density at radius 3 is 2.19 bits per heavy atom. The summed E-state index contributed by atoms with van der Waals surface area (Å²) in [5.41, 5.74) is 0.446. The van der Waals surface area contributed by atoms with Crippen LogP contribution in [0.5, 0.6) is 0 Å². The van der Waals surface area contributed by atoms with Gasteiger partial charge in [-0.15, -0.1) is 11.6 Å². The predicted octanol–water partition coefficient (Wildman–Crippen LogP) is 3.81. The minimum absolute atomic E-state index is 0.0852. The van der Waals surface area contributed by atoms with E-state index in [-0.39, 0.29) is 11.4 Å². The fraction of sp³-hybridized carbons (Fsp3) is 0.133. The Kier molecular flexibility index (Phi) is 4.85. The molecule has 0 aliphatic heterocycles. The van der Waals surface area contributed by atoms with Gasteiger partial charge in [0, 0.05) is 11.4 Å². The Hall–Kier alpha value is -2.01. The largest absolute Gasteiger partial charge is 0.344 e. The first-order valence-electron chi connectivity index (χ1n) is 6.09. The predicted molar refractivity (Wildman–Crippen MR) is 73.7 cm³/mol. The van der Waals surface area contributed by atoms with Gasteiger partial charge in [-0.3, -0.25) is 4.79 Å². The number of carbonyl (C=O) groups excluding carboxylic acids is 1. The van der Waals surface area contributed by atoms with Crippen LogP contribution in [0.4, 0.5) is 13.2 Å². The molecule has 1 amide bonds. The van der Waals surface area contributed by atoms with E-state index in [2.05, 4.69) is 5.32 Å². The summed E-state index contributed by atoms with van der Waals surface area (Å²) in [6.45, 7) is 0. The second kappa shape index (κ2) is 6.63. The molecule has 0 saturated carbocycles. The Morgan fingerprint density at radius 1 is 1.10 bits per heavy atom. The Labute approximate surface area is 124 Å². The zero-order chi connectivity index (χ0) is 15.4. The average molecular weight is 314 g/mol. The van der Waals surface area contributed by atoms with Gasteiger partial charge in [-0.1, -0.05) is 30.3 Å². The van der Waals surface area contributed by atoms with Crippen molar-refractivity contribution in [2.45, 2.75) is 6.04 Å². The highest BCUT2D eigenvalue weighted by Gasteiger charge is 2.18. The molecular formula is C15H11ClF3NO. The van der Waals surface area contributed by atoms with Crippen LogP contribution in [0.3, 0.4) is 0 Å². The normalized spacial score (nSPS) is 12.0. The highest BCUT2D eigenvalue weighted by molar-refractivity contribution is 6.18. The van der Waals surface area contributed by atoms with Gasteiger partial charge in [0.2, 0.25) is 0 Å². The van der Waals surface area contributed by atoms with Crippen LogP contribution >= 0.6 is 11.6 Å². The molecule has 0 bridgehead atoms. The van der Waals surface area contributed by atoms with E-state index in [0.717, 1.165) is 5.56 Å². The van der Waals surface area contributed by atoms with Crippen molar-refractivity contribution in [3.8, 4) is 0 Å². The summed E-state index contributed by atoms with van der Waals surface area (Å²) in [4.78, 5) is 12.0. The zero-order valence-corrected chi connectivity index (χ0v) is 11.5. The molecule has 2 aromatic carbocycles. The molecule has 0 radical (unpaired) electrons. The van der Waals surface area contributed by atoms with E-state index >= 15 is 0 Å². The van der Waals surface area contributed by atoms with Crippen molar-refractivity contribution >= 4 is 17.5 Å². The van der Waals surface area contributed by atoms with E-state index in [0.29, 0.717) is 12.1 Å². The van der Waals surface area contributed by atoms with Crippen molar-refractivity contribution in [2.24, 2.45) is 0 Å². The molecule has 0 saturated heterocycles. The van der Waals surface area contributed by atoms with Crippen molar-refractivity contribution in [2.75, 3.05) is 5.88 Å².